The average Bonchev–Trinajstić information content (AvgIpc) is 3.03. The summed E-state index contributed by atoms with van der Waals surface area (Å²) in [5, 5.41) is 4.83. The molecule has 1 heterocycles. The molecule has 1 aromatic carbocycles. The molecule has 0 amide bonds. The average molecular weight is 302 g/mol. The third kappa shape index (κ3) is 2.62. The summed E-state index contributed by atoms with van der Waals surface area (Å²) < 4.78 is 13.5. The molecule has 4 heteroatoms. The lowest BCUT2D eigenvalue weighted by Gasteiger charge is -2.17. The van der Waals surface area contributed by atoms with Crippen molar-refractivity contribution in [1.82, 2.24) is 10.3 Å². The van der Waals surface area contributed by atoms with Crippen LogP contribution in [-0.4, -0.2) is 11.0 Å². The van der Waals surface area contributed by atoms with Crippen molar-refractivity contribution in [3.05, 3.63) is 50.7 Å². The summed E-state index contributed by atoms with van der Waals surface area (Å²) in [6.07, 6.45) is 6.00. The van der Waals surface area contributed by atoms with E-state index in [9.17, 15) is 4.39 Å². The molecule has 1 fully saturated rings. The molecular formula is C17H19FN2S. The van der Waals surface area contributed by atoms with E-state index in [4.69, 9.17) is 4.98 Å². The molecular weight excluding hydrogens is 283 g/mol. The molecule has 2 aliphatic carbocycles. The second-order valence-electron chi connectivity index (χ2n) is 6.16. The van der Waals surface area contributed by atoms with Crippen molar-refractivity contribution >= 4 is 11.3 Å². The highest BCUT2D eigenvalue weighted by atomic mass is 32.1. The van der Waals surface area contributed by atoms with E-state index in [1.54, 1.807) is 6.07 Å². The van der Waals surface area contributed by atoms with Crippen molar-refractivity contribution in [1.29, 1.82) is 0 Å². The second-order valence-corrected chi connectivity index (χ2v) is 7.27. The van der Waals surface area contributed by atoms with Crippen molar-refractivity contribution in [2.75, 3.05) is 0 Å². The molecule has 0 radical (unpaired) electrons. The molecule has 4 rings (SSSR count). The summed E-state index contributed by atoms with van der Waals surface area (Å²) in [4.78, 5) is 6.31. The standard InChI is InChI=1S/C17H19FN2S/c1-10-9-11(5-8-13(10)18)16(19-12-6-7-12)17-20-14-3-2-4-15(14)21-17/h5,8-9,12,16,19H,2-4,6-7H2,1H3. The first kappa shape index (κ1) is 13.4. The van der Waals surface area contributed by atoms with Gasteiger partial charge in [-0.1, -0.05) is 12.1 Å². The number of rotatable bonds is 4. The molecule has 2 nitrogen and oxygen atoms in total. The van der Waals surface area contributed by atoms with Crippen LogP contribution in [-0.2, 0) is 12.8 Å². The van der Waals surface area contributed by atoms with Gasteiger partial charge in [-0.15, -0.1) is 11.3 Å². The van der Waals surface area contributed by atoms with E-state index in [0.29, 0.717) is 11.6 Å². The fourth-order valence-electron chi connectivity index (χ4n) is 2.98. The number of aryl methyl sites for hydroxylation is 3. The molecule has 1 aromatic heterocycles. The van der Waals surface area contributed by atoms with Crippen LogP contribution in [0.2, 0.25) is 0 Å². The molecule has 21 heavy (non-hydrogen) atoms. The van der Waals surface area contributed by atoms with Gasteiger partial charge < -0.3 is 5.32 Å². The summed E-state index contributed by atoms with van der Waals surface area (Å²) in [6.45, 7) is 1.83. The summed E-state index contributed by atoms with van der Waals surface area (Å²) in [7, 11) is 0. The summed E-state index contributed by atoms with van der Waals surface area (Å²) in [6, 6.07) is 6.15. The van der Waals surface area contributed by atoms with Crippen molar-refractivity contribution in [2.24, 2.45) is 0 Å². The number of fused-ring (bicyclic) bond motifs is 1. The van der Waals surface area contributed by atoms with Gasteiger partial charge in [-0.25, -0.2) is 9.37 Å². The van der Waals surface area contributed by atoms with E-state index in [1.807, 2.05) is 30.4 Å². The number of benzene rings is 1. The molecule has 1 saturated carbocycles. The van der Waals surface area contributed by atoms with Crippen LogP contribution in [0.3, 0.4) is 0 Å². The van der Waals surface area contributed by atoms with Crippen molar-refractivity contribution in [2.45, 2.75) is 51.1 Å². The Balaban J connectivity index is 1.70. The summed E-state index contributed by atoms with van der Waals surface area (Å²) in [5.74, 6) is -0.134. The first-order chi connectivity index (χ1) is 10.2. The largest absolute Gasteiger partial charge is 0.301 e. The van der Waals surface area contributed by atoms with E-state index < -0.39 is 0 Å². The van der Waals surface area contributed by atoms with Gasteiger partial charge in [0, 0.05) is 10.9 Å². The number of thiazole rings is 1. The molecule has 110 valence electrons. The van der Waals surface area contributed by atoms with Gasteiger partial charge in [0.25, 0.3) is 0 Å². The molecule has 2 aliphatic rings. The zero-order valence-corrected chi connectivity index (χ0v) is 13.0. The van der Waals surface area contributed by atoms with Gasteiger partial charge in [0.2, 0.25) is 0 Å². The van der Waals surface area contributed by atoms with E-state index in [2.05, 4.69) is 5.32 Å². The number of halogens is 1. The lowest BCUT2D eigenvalue weighted by Crippen LogP contribution is -2.24. The second kappa shape index (κ2) is 5.18. The van der Waals surface area contributed by atoms with E-state index >= 15 is 0 Å². The Kier molecular flexibility index (Phi) is 3.31. The van der Waals surface area contributed by atoms with Crippen LogP contribution in [0.25, 0.3) is 0 Å². The van der Waals surface area contributed by atoms with Gasteiger partial charge in [0.1, 0.15) is 10.8 Å². The highest BCUT2D eigenvalue weighted by Gasteiger charge is 2.29. The summed E-state index contributed by atoms with van der Waals surface area (Å²) >= 11 is 1.84. The van der Waals surface area contributed by atoms with Gasteiger partial charge >= 0.3 is 0 Å². The Bertz CT molecular complexity index is 654. The SMILES string of the molecule is Cc1cc(C(NC2CC2)c2nc3c(s2)CCC3)ccc1F. The number of hydrogen-bond acceptors (Lipinski definition) is 3. The topological polar surface area (TPSA) is 24.9 Å². The Morgan fingerprint density at radius 1 is 1.33 bits per heavy atom. The van der Waals surface area contributed by atoms with Crippen molar-refractivity contribution in [3.63, 3.8) is 0 Å². The minimum absolute atomic E-state index is 0.118. The van der Waals surface area contributed by atoms with E-state index in [1.165, 1.54) is 36.3 Å². The monoisotopic (exact) mass is 302 g/mol. The highest BCUT2D eigenvalue weighted by Crippen LogP contribution is 2.35. The van der Waals surface area contributed by atoms with Gasteiger partial charge in [-0.3, -0.25) is 0 Å². The fourth-order valence-corrected chi connectivity index (χ4v) is 4.22. The first-order valence-corrected chi connectivity index (χ1v) is 8.53. The lowest BCUT2D eigenvalue weighted by molar-refractivity contribution is 0.588. The molecule has 1 unspecified atom stereocenters. The number of hydrogen-bond donors (Lipinski definition) is 1. The summed E-state index contributed by atoms with van der Waals surface area (Å²) in [5.41, 5.74) is 3.13. The predicted molar refractivity (Wildman–Crippen MR) is 83.3 cm³/mol. The van der Waals surface area contributed by atoms with Crippen LogP contribution >= 0.6 is 11.3 Å². The number of aromatic nitrogens is 1. The fraction of sp³-hybridized carbons (Fsp3) is 0.471. The maximum absolute atomic E-state index is 13.5. The molecule has 0 spiro atoms. The van der Waals surface area contributed by atoms with Crippen LogP contribution in [0.1, 0.15) is 52.0 Å². The Hall–Kier alpha value is -1.26. The molecule has 0 saturated heterocycles. The third-order valence-electron chi connectivity index (χ3n) is 4.35. The molecule has 0 bridgehead atoms. The minimum Gasteiger partial charge on any atom is -0.301 e. The van der Waals surface area contributed by atoms with Crippen LogP contribution in [0.4, 0.5) is 4.39 Å². The van der Waals surface area contributed by atoms with Crippen LogP contribution in [0, 0.1) is 12.7 Å². The van der Waals surface area contributed by atoms with E-state index in [0.717, 1.165) is 17.0 Å². The number of nitrogens with zero attached hydrogens (tertiary/aromatic N) is 1. The Labute approximate surface area is 128 Å². The third-order valence-corrected chi connectivity index (χ3v) is 5.58. The van der Waals surface area contributed by atoms with Gasteiger partial charge in [-0.2, -0.15) is 0 Å². The van der Waals surface area contributed by atoms with E-state index in [-0.39, 0.29) is 11.9 Å². The molecule has 0 aliphatic heterocycles. The zero-order valence-electron chi connectivity index (χ0n) is 12.2. The van der Waals surface area contributed by atoms with Crippen molar-refractivity contribution < 1.29 is 4.39 Å². The predicted octanol–water partition coefficient (Wildman–Crippen LogP) is 3.92. The Morgan fingerprint density at radius 2 is 2.19 bits per heavy atom. The smallest absolute Gasteiger partial charge is 0.126 e. The quantitative estimate of drug-likeness (QED) is 0.926. The maximum atomic E-state index is 13.5. The molecule has 1 atom stereocenters. The first-order valence-electron chi connectivity index (χ1n) is 7.71. The zero-order chi connectivity index (χ0) is 14.4. The lowest BCUT2D eigenvalue weighted by atomic mass is 10.0. The molecule has 1 N–H and O–H groups in total. The molecule has 2 aromatic rings. The minimum atomic E-state index is -0.134. The van der Waals surface area contributed by atoms with Gasteiger partial charge in [0.15, 0.2) is 0 Å². The van der Waals surface area contributed by atoms with Crippen LogP contribution < -0.4 is 5.32 Å². The normalized spacial score (nSPS) is 18.8. The van der Waals surface area contributed by atoms with Crippen LogP contribution in [0.15, 0.2) is 18.2 Å². The van der Waals surface area contributed by atoms with Crippen LogP contribution in [0.5, 0.6) is 0 Å². The van der Waals surface area contributed by atoms with Gasteiger partial charge in [-0.05, 0) is 56.2 Å². The van der Waals surface area contributed by atoms with Gasteiger partial charge in [0.05, 0.1) is 11.7 Å². The highest BCUT2D eigenvalue weighted by molar-refractivity contribution is 7.11. The van der Waals surface area contributed by atoms with Crippen molar-refractivity contribution in [3.8, 4) is 0 Å². The Morgan fingerprint density at radius 3 is 2.90 bits per heavy atom. The maximum Gasteiger partial charge on any atom is 0.126 e. The number of nitrogens with one attached hydrogen (secondary N) is 1.